The maximum Gasteiger partial charge on any atom is 0.332 e. The Bertz CT molecular complexity index is 1110. The van der Waals surface area contributed by atoms with Crippen molar-refractivity contribution in [3.05, 3.63) is 26.7 Å². The highest BCUT2D eigenvalue weighted by Gasteiger charge is 2.23. The summed E-state index contributed by atoms with van der Waals surface area (Å²) in [5.74, 6) is 1.06. The van der Waals surface area contributed by atoms with Crippen molar-refractivity contribution in [3.8, 4) is 0 Å². The zero-order valence-electron chi connectivity index (χ0n) is 20.1. The van der Waals surface area contributed by atoms with Gasteiger partial charge in [-0.15, -0.1) is 0 Å². The van der Waals surface area contributed by atoms with E-state index in [2.05, 4.69) is 25.8 Å². The van der Waals surface area contributed by atoms with Crippen LogP contribution in [0.15, 0.2) is 14.6 Å². The van der Waals surface area contributed by atoms with Gasteiger partial charge in [0.25, 0.3) is 5.56 Å². The summed E-state index contributed by atoms with van der Waals surface area (Å²) in [7, 11) is 1.48. The van der Waals surface area contributed by atoms with Crippen LogP contribution in [-0.4, -0.2) is 48.8 Å². The molecule has 1 fully saturated rings. The molecule has 3 rings (SSSR count). The fraction of sp³-hybridized carbons (Fsp3) is 0.696. The molecule has 176 valence electrons. The zero-order chi connectivity index (χ0) is 23.6. The lowest BCUT2D eigenvalue weighted by molar-refractivity contribution is -0.129. The van der Waals surface area contributed by atoms with Gasteiger partial charge in [0.2, 0.25) is 5.91 Å². The Hall–Kier alpha value is -2.16. The van der Waals surface area contributed by atoms with Crippen molar-refractivity contribution in [3.63, 3.8) is 0 Å². The molecule has 0 unspecified atom stereocenters. The minimum atomic E-state index is -0.416. The van der Waals surface area contributed by atoms with Crippen LogP contribution in [0, 0.1) is 11.3 Å². The molecule has 0 aliphatic carbocycles. The molecule has 1 saturated heterocycles. The number of hydrogen-bond donors (Lipinski definition) is 0. The number of rotatable bonds is 6. The van der Waals surface area contributed by atoms with Gasteiger partial charge in [-0.05, 0) is 30.6 Å². The summed E-state index contributed by atoms with van der Waals surface area (Å²) in [6.07, 6.45) is 3.82. The molecule has 9 heteroatoms. The van der Waals surface area contributed by atoms with Gasteiger partial charge in [0.15, 0.2) is 5.65 Å². The molecule has 2 aromatic heterocycles. The third-order valence-corrected chi connectivity index (χ3v) is 6.43. The fourth-order valence-electron chi connectivity index (χ4n) is 3.93. The van der Waals surface area contributed by atoms with Crippen molar-refractivity contribution in [2.45, 2.75) is 71.9 Å². The number of piperidine rings is 1. The Morgan fingerprint density at radius 3 is 2.34 bits per heavy atom. The standard InChI is InChI=1S/C23H35N5O3S/c1-15(2)13-28-19-18(21(30)26(6)22(28)31)20(25-16(24-19)12-23(3,4)5)32-14-17(29)27-10-8-7-9-11-27/h15H,7-14H2,1-6H3. The molecule has 32 heavy (non-hydrogen) atoms. The molecule has 0 saturated carbocycles. The maximum absolute atomic E-state index is 13.1. The van der Waals surface area contributed by atoms with Crippen molar-refractivity contribution in [2.24, 2.45) is 18.4 Å². The van der Waals surface area contributed by atoms with E-state index in [9.17, 15) is 14.4 Å². The summed E-state index contributed by atoms with van der Waals surface area (Å²) in [5.41, 5.74) is -0.492. The minimum absolute atomic E-state index is 0.0613. The number of fused-ring (bicyclic) bond motifs is 1. The Morgan fingerprint density at radius 1 is 1.09 bits per heavy atom. The van der Waals surface area contributed by atoms with E-state index in [0.29, 0.717) is 34.8 Å². The lowest BCUT2D eigenvalue weighted by Gasteiger charge is -2.26. The largest absolute Gasteiger partial charge is 0.342 e. The number of hydrogen-bond acceptors (Lipinski definition) is 6. The lowest BCUT2D eigenvalue weighted by Crippen LogP contribution is -2.40. The third kappa shape index (κ3) is 5.60. The van der Waals surface area contributed by atoms with Crippen LogP contribution in [0.3, 0.4) is 0 Å². The van der Waals surface area contributed by atoms with Crippen LogP contribution in [-0.2, 0) is 24.8 Å². The first-order valence-corrected chi connectivity index (χ1v) is 12.4. The van der Waals surface area contributed by atoms with Gasteiger partial charge in [-0.1, -0.05) is 46.4 Å². The predicted molar refractivity (Wildman–Crippen MR) is 128 cm³/mol. The molecule has 0 radical (unpaired) electrons. The molecule has 0 N–H and O–H groups in total. The monoisotopic (exact) mass is 461 g/mol. The first-order valence-electron chi connectivity index (χ1n) is 11.4. The fourth-order valence-corrected chi connectivity index (χ4v) is 4.87. The van der Waals surface area contributed by atoms with Crippen molar-refractivity contribution < 1.29 is 4.79 Å². The number of amides is 1. The van der Waals surface area contributed by atoms with E-state index >= 15 is 0 Å². The quantitative estimate of drug-likeness (QED) is 0.485. The highest BCUT2D eigenvalue weighted by atomic mass is 32.2. The van der Waals surface area contributed by atoms with Gasteiger partial charge in [0.05, 0.1) is 5.75 Å². The van der Waals surface area contributed by atoms with Crippen LogP contribution in [0.25, 0.3) is 11.0 Å². The molecule has 3 heterocycles. The van der Waals surface area contributed by atoms with Crippen LogP contribution >= 0.6 is 11.8 Å². The van der Waals surface area contributed by atoms with Crippen molar-refractivity contribution in [2.75, 3.05) is 18.8 Å². The smallest absolute Gasteiger partial charge is 0.332 e. The summed E-state index contributed by atoms with van der Waals surface area (Å²) < 4.78 is 2.69. The van der Waals surface area contributed by atoms with Crippen LogP contribution in [0.4, 0.5) is 0 Å². The Balaban J connectivity index is 2.11. The van der Waals surface area contributed by atoms with E-state index in [4.69, 9.17) is 4.98 Å². The summed E-state index contributed by atoms with van der Waals surface area (Å²) in [5, 5.41) is 0.805. The molecule has 0 bridgehead atoms. The SMILES string of the molecule is CC(C)Cn1c(=O)n(C)c(=O)c2c(SCC(=O)N3CCCCC3)nc(CC(C)(C)C)nc21. The number of likely N-dealkylation sites (tertiary alicyclic amines) is 1. The van der Waals surface area contributed by atoms with Gasteiger partial charge in [0.1, 0.15) is 16.2 Å². The summed E-state index contributed by atoms with van der Waals surface area (Å²) in [6.45, 7) is 12.4. The van der Waals surface area contributed by atoms with Gasteiger partial charge in [-0.25, -0.2) is 14.8 Å². The molecule has 1 aliphatic heterocycles. The maximum atomic E-state index is 13.1. The second-order valence-corrected chi connectivity index (χ2v) is 11.2. The Labute approximate surface area is 193 Å². The number of carbonyl (C=O) groups is 1. The van der Waals surface area contributed by atoms with E-state index in [1.54, 1.807) is 4.57 Å². The van der Waals surface area contributed by atoms with E-state index in [-0.39, 0.29) is 28.7 Å². The number of aromatic nitrogens is 4. The first kappa shape index (κ1) is 24.5. The van der Waals surface area contributed by atoms with Crippen molar-refractivity contribution in [1.82, 2.24) is 24.0 Å². The summed E-state index contributed by atoms with van der Waals surface area (Å²) in [4.78, 5) is 50.1. The normalized spacial score (nSPS) is 15.0. The molecule has 0 aromatic carbocycles. The predicted octanol–water partition coefficient (Wildman–Crippen LogP) is 2.84. The molecule has 1 amide bonds. The molecule has 8 nitrogen and oxygen atoms in total. The second kappa shape index (κ2) is 9.77. The van der Waals surface area contributed by atoms with Crippen LogP contribution in [0.5, 0.6) is 0 Å². The highest BCUT2D eigenvalue weighted by molar-refractivity contribution is 8.00. The average Bonchev–Trinajstić information content (AvgIpc) is 2.72. The van der Waals surface area contributed by atoms with Crippen LogP contribution in [0.2, 0.25) is 0 Å². The summed E-state index contributed by atoms with van der Waals surface area (Å²) in [6, 6.07) is 0. The highest BCUT2D eigenvalue weighted by Crippen LogP contribution is 2.26. The third-order valence-electron chi connectivity index (χ3n) is 5.47. The van der Waals surface area contributed by atoms with Gasteiger partial charge in [-0.3, -0.25) is 18.7 Å². The first-order chi connectivity index (χ1) is 15.0. The van der Waals surface area contributed by atoms with Crippen molar-refractivity contribution in [1.29, 1.82) is 0 Å². The number of nitrogens with zero attached hydrogens (tertiary/aromatic N) is 5. The molecular weight excluding hydrogens is 426 g/mol. The van der Waals surface area contributed by atoms with Crippen LogP contribution < -0.4 is 11.2 Å². The van der Waals surface area contributed by atoms with Gasteiger partial charge in [-0.2, -0.15) is 0 Å². The number of carbonyl (C=O) groups excluding carboxylic acids is 1. The second-order valence-electron chi connectivity index (χ2n) is 10.3. The van der Waals surface area contributed by atoms with Crippen LogP contribution in [0.1, 0.15) is 59.7 Å². The Morgan fingerprint density at radius 2 is 1.75 bits per heavy atom. The van der Waals surface area contributed by atoms with Gasteiger partial charge >= 0.3 is 5.69 Å². The van der Waals surface area contributed by atoms with E-state index in [1.807, 2.05) is 18.7 Å². The lowest BCUT2D eigenvalue weighted by atomic mass is 9.92. The number of thioether (sulfide) groups is 1. The molecule has 2 aromatic rings. The van der Waals surface area contributed by atoms with E-state index in [1.165, 1.54) is 18.8 Å². The van der Waals surface area contributed by atoms with Gasteiger partial charge < -0.3 is 4.90 Å². The summed E-state index contributed by atoms with van der Waals surface area (Å²) >= 11 is 1.28. The molecular formula is C23H35N5O3S. The Kier molecular flexibility index (Phi) is 7.47. The topological polar surface area (TPSA) is 90.1 Å². The van der Waals surface area contributed by atoms with E-state index in [0.717, 1.165) is 36.9 Å². The minimum Gasteiger partial charge on any atom is -0.342 e. The van der Waals surface area contributed by atoms with Gasteiger partial charge in [0, 0.05) is 33.1 Å². The zero-order valence-corrected chi connectivity index (χ0v) is 20.9. The molecule has 0 atom stereocenters. The van der Waals surface area contributed by atoms with Crippen molar-refractivity contribution >= 4 is 28.7 Å². The molecule has 1 aliphatic rings. The average molecular weight is 462 g/mol. The molecule has 0 spiro atoms. The van der Waals surface area contributed by atoms with E-state index < -0.39 is 5.56 Å².